The maximum absolute atomic E-state index is 6.27. The van der Waals surface area contributed by atoms with Gasteiger partial charge in [0.05, 0.1) is 18.4 Å². The summed E-state index contributed by atoms with van der Waals surface area (Å²) >= 11 is 6.27. The third-order valence-electron chi connectivity index (χ3n) is 4.42. The molecule has 1 N–H and O–H groups in total. The Hall–Kier alpha value is -1.40. The first-order valence-corrected chi connectivity index (χ1v) is 8.78. The first kappa shape index (κ1) is 17.4. The molecule has 6 heteroatoms. The minimum absolute atomic E-state index is 0.207. The van der Waals surface area contributed by atoms with E-state index in [0.717, 1.165) is 50.6 Å². The molecule has 1 aromatic carbocycles. The SMILES string of the molecule is Cc1nn(C)c(Cl)c1CNCC1CN(Cc2ccccc2)CCO1. The average molecular weight is 349 g/mol. The van der Waals surface area contributed by atoms with Crippen molar-refractivity contribution in [2.45, 2.75) is 26.1 Å². The second-order valence-electron chi connectivity index (χ2n) is 6.32. The first-order chi connectivity index (χ1) is 11.6. The number of aryl methyl sites for hydroxylation is 2. The molecule has 1 aliphatic rings. The summed E-state index contributed by atoms with van der Waals surface area (Å²) in [7, 11) is 1.87. The third kappa shape index (κ3) is 4.36. The Kier molecular flexibility index (Phi) is 5.89. The number of nitrogens with zero attached hydrogens (tertiary/aromatic N) is 3. The lowest BCUT2D eigenvalue weighted by atomic mass is 10.2. The fourth-order valence-corrected chi connectivity index (χ4v) is 3.36. The van der Waals surface area contributed by atoms with Crippen LogP contribution in [0.3, 0.4) is 0 Å². The van der Waals surface area contributed by atoms with Crippen molar-refractivity contribution in [3.63, 3.8) is 0 Å². The lowest BCUT2D eigenvalue weighted by Gasteiger charge is -2.33. The van der Waals surface area contributed by atoms with Crippen LogP contribution in [0.1, 0.15) is 16.8 Å². The molecule has 5 nitrogen and oxygen atoms in total. The van der Waals surface area contributed by atoms with Gasteiger partial charge < -0.3 is 10.1 Å². The van der Waals surface area contributed by atoms with Crippen molar-refractivity contribution in [3.05, 3.63) is 52.3 Å². The predicted octanol–water partition coefficient (Wildman–Crippen LogP) is 2.37. The zero-order valence-electron chi connectivity index (χ0n) is 14.3. The summed E-state index contributed by atoms with van der Waals surface area (Å²) in [6.45, 7) is 7.22. The molecule has 1 fully saturated rings. The van der Waals surface area contributed by atoms with Gasteiger partial charge >= 0.3 is 0 Å². The number of benzene rings is 1. The Bertz CT molecular complexity index is 659. The molecule has 0 bridgehead atoms. The van der Waals surface area contributed by atoms with Gasteiger partial charge in [0.2, 0.25) is 0 Å². The molecule has 0 saturated carbocycles. The molecular formula is C18H25ClN4O. The maximum atomic E-state index is 6.27. The van der Waals surface area contributed by atoms with Gasteiger partial charge in [-0.25, -0.2) is 0 Å². The number of morpholine rings is 1. The topological polar surface area (TPSA) is 42.3 Å². The Morgan fingerprint density at radius 2 is 2.12 bits per heavy atom. The van der Waals surface area contributed by atoms with Gasteiger partial charge in [-0.15, -0.1) is 0 Å². The van der Waals surface area contributed by atoms with Crippen LogP contribution in [0, 0.1) is 6.92 Å². The predicted molar refractivity (Wildman–Crippen MR) is 96.1 cm³/mol. The number of ether oxygens (including phenoxy) is 1. The van der Waals surface area contributed by atoms with Gasteiger partial charge in [0.1, 0.15) is 5.15 Å². The fourth-order valence-electron chi connectivity index (χ4n) is 3.12. The standard InChI is InChI=1S/C18H25ClN4O/c1-14-17(18(19)22(2)21-14)11-20-10-16-13-23(8-9-24-16)12-15-6-4-3-5-7-15/h3-7,16,20H,8-13H2,1-2H3. The van der Waals surface area contributed by atoms with Crippen LogP contribution in [0.4, 0.5) is 0 Å². The Morgan fingerprint density at radius 3 is 2.83 bits per heavy atom. The van der Waals surface area contributed by atoms with Crippen molar-refractivity contribution in [1.29, 1.82) is 0 Å². The fraction of sp³-hybridized carbons (Fsp3) is 0.500. The summed E-state index contributed by atoms with van der Waals surface area (Å²) in [6.07, 6.45) is 0.207. The average Bonchev–Trinajstić information content (AvgIpc) is 2.82. The van der Waals surface area contributed by atoms with Crippen molar-refractivity contribution in [2.75, 3.05) is 26.2 Å². The number of nitrogens with one attached hydrogen (secondary N) is 1. The highest BCUT2D eigenvalue weighted by Crippen LogP contribution is 2.18. The van der Waals surface area contributed by atoms with E-state index in [1.807, 2.05) is 14.0 Å². The van der Waals surface area contributed by atoms with Crippen LogP contribution >= 0.6 is 11.6 Å². The number of hydrogen-bond donors (Lipinski definition) is 1. The Labute approximate surface area is 148 Å². The zero-order chi connectivity index (χ0) is 16.9. The summed E-state index contributed by atoms with van der Waals surface area (Å²) in [5.74, 6) is 0. The summed E-state index contributed by atoms with van der Waals surface area (Å²) in [6, 6.07) is 10.6. The van der Waals surface area contributed by atoms with E-state index in [2.05, 4.69) is 45.6 Å². The highest BCUT2D eigenvalue weighted by molar-refractivity contribution is 6.30. The second-order valence-corrected chi connectivity index (χ2v) is 6.68. The number of aromatic nitrogens is 2. The Morgan fingerprint density at radius 1 is 1.33 bits per heavy atom. The quantitative estimate of drug-likeness (QED) is 0.870. The largest absolute Gasteiger partial charge is 0.374 e. The van der Waals surface area contributed by atoms with Crippen molar-refractivity contribution in [3.8, 4) is 0 Å². The molecule has 0 amide bonds. The van der Waals surface area contributed by atoms with Gasteiger partial charge in [0, 0.05) is 45.3 Å². The van der Waals surface area contributed by atoms with E-state index in [0.29, 0.717) is 5.15 Å². The van der Waals surface area contributed by atoms with Crippen LogP contribution in [-0.4, -0.2) is 47.0 Å². The highest BCUT2D eigenvalue weighted by atomic mass is 35.5. The number of rotatable bonds is 6. The van der Waals surface area contributed by atoms with Crippen molar-refractivity contribution >= 4 is 11.6 Å². The highest BCUT2D eigenvalue weighted by Gasteiger charge is 2.20. The van der Waals surface area contributed by atoms with E-state index < -0.39 is 0 Å². The van der Waals surface area contributed by atoms with Crippen LogP contribution in [-0.2, 0) is 24.9 Å². The molecule has 0 spiro atoms. The molecule has 3 rings (SSSR count). The lowest BCUT2D eigenvalue weighted by Crippen LogP contribution is -2.46. The van der Waals surface area contributed by atoms with Gasteiger partial charge in [0.15, 0.2) is 0 Å². The summed E-state index contributed by atoms with van der Waals surface area (Å²) in [5, 5.41) is 8.51. The summed E-state index contributed by atoms with van der Waals surface area (Å²) in [5.41, 5.74) is 3.39. The van der Waals surface area contributed by atoms with Crippen LogP contribution in [0.5, 0.6) is 0 Å². The van der Waals surface area contributed by atoms with E-state index in [1.54, 1.807) is 4.68 Å². The molecule has 1 atom stereocenters. The third-order valence-corrected chi connectivity index (χ3v) is 4.89. The van der Waals surface area contributed by atoms with Crippen molar-refractivity contribution < 1.29 is 4.74 Å². The van der Waals surface area contributed by atoms with E-state index >= 15 is 0 Å². The van der Waals surface area contributed by atoms with E-state index in [-0.39, 0.29) is 6.10 Å². The summed E-state index contributed by atoms with van der Waals surface area (Å²) in [4.78, 5) is 2.45. The molecular weight excluding hydrogens is 324 g/mol. The van der Waals surface area contributed by atoms with Gasteiger partial charge in [-0.05, 0) is 12.5 Å². The van der Waals surface area contributed by atoms with E-state index in [9.17, 15) is 0 Å². The molecule has 1 saturated heterocycles. The van der Waals surface area contributed by atoms with Crippen LogP contribution < -0.4 is 5.32 Å². The van der Waals surface area contributed by atoms with Crippen LogP contribution in [0.2, 0.25) is 5.15 Å². The molecule has 2 heterocycles. The zero-order valence-corrected chi connectivity index (χ0v) is 15.1. The van der Waals surface area contributed by atoms with Crippen LogP contribution in [0.15, 0.2) is 30.3 Å². The molecule has 2 aromatic rings. The molecule has 24 heavy (non-hydrogen) atoms. The molecule has 0 radical (unpaired) electrons. The Balaban J connectivity index is 1.47. The minimum Gasteiger partial charge on any atom is -0.374 e. The minimum atomic E-state index is 0.207. The second kappa shape index (κ2) is 8.12. The monoisotopic (exact) mass is 348 g/mol. The normalized spacial score (nSPS) is 18.9. The molecule has 1 unspecified atom stereocenters. The van der Waals surface area contributed by atoms with Gasteiger partial charge in [-0.1, -0.05) is 41.9 Å². The van der Waals surface area contributed by atoms with Gasteiger partial charge in [0.25, 0.3) is 0 Å². The molecule has 1 aliphatic heterocycles. The summed E-state index contributed by atoms with van der Waals surface area (Å²) < 4.78 is 7.61. The van der Waals surface area contributed by atoms with E-state index in [4.69, 9.17) is 16.3 Å². The first-order valence-electron chi connectivity index (χ1n) is 8.40. The molecule has 1 aromatic heterocycles. The smallest absolute Gasteiger partial charge is 0.131 e. The van der Waals surface area contributed by atoms with E-state index in [1.165, 1.54) is 5.56 Å². The van der Waals surface area contributed by atoms with Crippen LogP contribution in [0.25, 0.3) is 0 Å². The number of hydrogen-bond acceptors (Lipinski definition) is 4. The lowest BCUT2D eigenvalue weighted by molar-refractivity contribution is -0.0300. The van der Waals surface area contributed by atoms with Crippen molar-refractivity contribution in [2.24, 2.45) is 7.05 Å². The molecule has 130 valence electrons. The number of halogens is 1. The van der Waals surface area contributed by atoms with Gasteiger partial charge in [-0.3, -0.25) is 9.58 Å². The van der Waals surface area contributed by atoms with Crippen molar-refractivity contribution in [1.82, 2.24) is 20.0 Å². The van der Waals surface area contributed by atoms with Gasteiger partial charge in [-0.2, -0.15) is 5.10 Å². The maximum Gasteiger partial charge on any atom is 0.131 e. The molecule has 0 aliphatic carbocycles.